The first-order valence-corrected chi connectivity index (χ1v) is 6.62. The molecule has 0 atom stereocenters. The van der Waals surface area contributed by atoms with Crippen LogP contribution in [-0.2, 0) is 6.54 Å². The Morgan fingerprint density at radius 3 is 2.90 bits per heavy atom. The van der Waals surface area contributed by atoms with E-state index < -0.39 is 0 Å². The van der Waals surface area contributed by atoms with Crippen LogP contribution in [0.5, 0.6) is 5.75 Å². The largest absolute Gasteiger partial charge is 0.492 e. The molecule has 6 heteroatoms. The van der Waals surface area contributed by atoms with E-state index >= 15 is 0 Å². The smallest absolute Gasteiger partial charge is 0.270 e. The van der Waals surface area contributed by atoms with E-state index in [1.807, 2.05) is 6.07 Å². The summed E-state index contributed by atoms with van der Waals surface area (Å²) < 4.78 is 6.67. The van der Waals surface area contributed by atoms with Crippen LogP contribution in [0.25, 0.3) is 0 Å². The van der Waals surface area contributed by atoms with Crippen LogP contribution in [0.15, 0.2) is 41.3 Å². The Balaban J connectivity index is 2.15. The fourth-order valence-electron chi connectivity index (χ4n) is 1.82. The van der Waals surface area contributed by atoms with Gasteiger partial charge < -0.3 is 10.5 Å². The second-order valence-corrected chi connectivity index (χ2v) is 4.45. The predicted octanol–water partition coefficient (Wildman–Crippen LogP) is 0.891. The van der Waals surface area contributed by atoms with E-state index in [2.05, 4.69) is 11.2 Å². The standard InChI is InChI=1S/C15H16N4O2/c16-6-3-7-21-14-8-15(20)19(18-10-14)11-13-5-2-1-4-12(13)9-17/h1-2,4-5,8,10H,3,6-7,11,16H2. The molecular weight excluding hydrogens is 268 g/mol. The first kappa shape index (κ1) is 14.8. The summed E-state index contributed by atoms with van der Waals surface area (Å²) in [5.41, 5.74) is 6.39. The average Bonchev–Trinajstić information content (AvgIpc) is 2.50. The molecule has 0 saturated carbocycles. The van der Waals surface area contributed by atoms with Gasteiger partial charge in [-0.3, -0.25) is 4.79 Å². The van der Waals surface area contributed by atoms with E-state index in [9.17, 15) is 4.79 Å². The molecule has 1 aromatic carbocycles. The quantitative estimate of drug-likeness (QED) is 0.795. The van der Waals surface area contributed by atoms with Crippen LogP contribution in [0, 0.1) is 11.3 Å². The van der Waals surface area contributed by atoms with E-state index in [0.29, 0.717) is 24.5 Å². The van der Waals surface area contributed by atoms with Crippen molar-refractivity contribution in [3.63, 3.8) is 0 Å². The van der Waals surface area contributed by atoms with Gasteiger partial charge in [0.25, 0.3) is 5.56 Å². The molecular formula is C15H16N4O2. The summed E-state index contributed by atoms with van der Waals surface area (Å²) in [6.45, 7) is 1.25. The molecule has 0 fully saturated rings. The Kier molecular flexibility index (Phi) is 5.07. The Morgan fingerprint density at radius 2 is 2.19 bits per heavy atom. The Hall–Kier alpha value is -2.65. The first-order valence-electron chi connectivity index (χ1n) is 6.62. The van der Waals surface area contributed by atoms with Gasteiger partial charge in [-0.2, -0.15) is 10.4 Å². The number of nitriles is 1. The van der Waals surface area contributed by atoms with Crippen molar-refractivity contribution in [2.75, 3.05) is 13.2 Å². The molecule has 21 heavy (non-hydrogen) atoms. The van der Waals surface area contributed by atoms with Crippen LogP contribution in [0.3, 0.4) is 0 Å². The van der Waals surface area contributed by atoms with Gasteiger partial charge in [0.2, 0.25) is 0 Å². The van der Waals surface area contributed by atoms with Gasteiger partial charge in [-0.1, -0.05) is 18.2 Å². The highest BCUT2D eigenvalue weighted by molar-refractivity contribution is 5.37. The molecule has 2 rings (SSSR count). The lowest BCUT2D eigenvalue weighted by Gasteiger charge is -2.08. The van der Waals surface area contributed by atoms with Crippen molar-refractivity contribution in [3.05, 3.63) is 58.0 Å². The predicted molar refractivity (Wildman–Crippen MR) is 77.9 cm³/mol. The first-order chi connectivity index (χ1) is 10.2. The van der Waals surface area contributed by atoms with Gasteiger partial charge in [0, 0.05) is 6.07 Å². The highest BCUT2D eigenvalue weighted by Crippen LogP contribution is 2.09. The van der Waals surface area contributed by atoms with Crippen molar-refractivity contribution in [2.24, 2.45) is 5.73 Å². The SMILES string of the molecule is N#Cc1ccccc1Cn1ncc(OCCCN)cc1=O. The van der Waals surface area contributed by atoms with Crippen molar-refractivity contribution >= 4 is 0 Å². The maximum Gasteiger partial charge on any atom is 0.270 e. The Labute approximate surface area is 122 Å². The second-order valence-electron chi connectivity index (χ2n) is 4.45. The molecule has 0 spiro atoms. The number of nitrogens with zero attached hydrogens (tertiary/aromatic N) is 3. The highest BCUT2D eigenvalue weighted by Gasteiger charge is 2.05. The van der Waals surface area contributed by atoms with Crippen molar-refractivity contribution in [1.82, 2.24) is 9.78 Å². The molecule has 1 heterocycles. The molecule has 2 aromatic rings. The molecule has 0 bridgehead atoms. The van der Waals surface area contributed by atoms with Crippen molar-refractivity contribution in [3.8, 4) is 11.8 Å². The number of rotatable bonds is 6. The molecule has 108 valence electrons. The summed E-state index contributed by atoms with van der Waals surface area (Å²) in [6, 6.07) is 10.6. The van der Waals surface area contributed by atoms with E-state index in [1.54, 1.807) is 18.2 Å². The monoisotopic (exact) mass is 284 g/mol. The van der Waals surface area contributed by atoms with Crippen LogP contribution in [0.4, 0.5) is 0 Å². The van der Waals surface area contributed by atoms with Crippen LogP contribution < -0.4 is 16.0 Å². The third-order valence-electron chi connectivity index (χ3n) is 2.92. The van der Waals surface area contributed by atoms with Crippen molar-refractivity contribution in [2.45, 2.75) is 13.0 Å². The number of ether oxygens (including phenoxy) is 1. The van der Waals surface area contributed by atoms with E-state index in [0.717, 1.165) is 12.0 Å². The summed E-state index contributed by atoms with van der Waals surface area (Å²) in [6.07, 6.45) is 2.21. The molecule has 0 unspecified atom stereocenters. The summed E-state index contributed by atoms with van der Waals surface area (Å²) in [5, 5.41) is 13.1. The van der Waals surface area contributed by atoms with E-state index in [1.165, 1.54) is 16.9 Å². The lowest BCUT2D eigenvalue weighted by atomic mass is 10.1. The summed E-state index contributed by atoms with van der Waals surface area (Å²) >= 11 is 0. The minimum Gasteiger partial charge on any atom is -0.492 e. The van der Waals surface area contributed by atoms with Crippen LogP contribution in [0.1, 0.15) is 17.5 Å². The minimum absolute atomic E-state index is 0.256. The topological polar surface area (TPSA) is 93.9 Å². The maximum atomic E-state index is 12.0. The normalized spacial score (nSPS) is 10.1. The number of benzene rings is 1. The lowest BCUT2D eigenvalue weighted by Crippen LogP contribution is -2.23. The Morgan fingerprint density at radius 1 is 1.38 bits per heavy atom. The zero-order valence-corrected chi connectivity index (χ0v) is 11.5. The van der Waals surface area contributed by atoms with Crippen LogP contribution in [0.2, 0.25) is 0 Å². The lowest BCUT2D eigenvalue weighted by molar-refractivity contribution is 0.309. The molecule has 0 radical (unpaired) electrons. The number of aromatic nitrogens is 2. The van der Waals surface area contributed by atoms with Gasteiger partial charge in [0.05, 0.1) is 31.0 Å². The summed E-state index contributed by atoms with van der Waals surface area (Å²) in [7, 11) is 0. The minimum atomic E-state index is -0.270. The van der Waals surface area contributed by atoms with Crippen molar-refractivity contribution < 1.29 is 4.74 Å². The maximum absolute atomic E-state index is 12.0. The van der Waals surface area contributed by atoms with Gasteiger partial charge in [-0.25, -0.2) is 4.68 Å². The molecule has 0 amide bonds. The fourth-order valence-corrected chi connectivity index (χ4v) is 1.82. The van der Waals surface area contributed by atoms with Crippen LogP contribution >= 0.6 is 0 Å². The molecule has 0 aliphatic carbocycles. The van der Waals surface area contributed by atoms with E-state index in [-0.39, 0.29) is 12.1 Å². The fraction of sp³-hybridized carbons (Fsp3) is 0.267. The molecule has 0 aliphatic heterocycles. The molecule has 0 saturated heterocycles. The summed E-state index contributed by atoms with van der Waals surface area (Å²) in [5.74, 6) is 0.429. The van der Waals surface area contributed by atoms with Gasteiger partial charge in [-0.15, -0.1) is 0 Å². The zero-order chi connectivity index (χ0) is 15.1. The van der Waals surface area contributed by atoms with Crippen molar-refractivity contribution in [1.29, 1.82) is 5.26 Å². The zero-order valence-electron chi connectivity index (χ0n) is 11.5. The summed E-state index contributed by atoms with van der Waals surface area (Å²) in [4.78, 5) is 12.0. The highest BCUT2D eigenvalue weighted by atomic mass is 16.5. The Bertz CT molecular complexity index is 703. The molecule has 2 N–H and O–H groups in total. The van der Waals surface area contributed by atoms with E-state index in [4.69, 9.17) is 15.7 Å². The third kappa shape index (κ3) is 3.91. The second kappa shape index (κ2) is 7.22. The average molecular weight is 284 g/mol. The number of hydrogen-bond donors (Lipinski definition) is 1. The molecule has 1 aromatic heterocycles. The number of hydrogen-bond acceptors (Lipinski definition) is 5. The third-order valence-corrected chi connectivity index (χ3v) is 2.92. The molecule has 6 nitrogen and oxygen atoms in total. The van der Waals surface area contributed by atoms with Gasteiger partial charge >= 0.3 is 0 Å². The van der Waals surface area contributed by atoms with Gasteiger partial charge in [0.15, 0.2) is 0 Å². The van der Waals surface area contributed by atoms with Gasteiger partial charge in [-0.05, 0) is 24.6 Å². The van der Waals surface area contributed by atoms with Crippen LogP contribution in [-0.4, -0.2) is 22.9 Å². The number of nitrogens with two attached hydrogens (primary N) is 1. The van der Waals surface area contributed by atoms with Gasteiger partial charge in [0.1, 0.15) is 5.75 Å². The molecule has 0 aliphatic rings.